The van der Waals surface area contributed by atoms with Gasteiger partial charge in [0.15, 0.2) is 0 Å². The van der Waals surface area contributed by atoms with Crippen LogP contribution in [0.5, 0.6) is 0 Å². The number of benzene rings is 4. The molecule has 0 saturated carbocycles. The molecule has 4 aromatic carbocycles. The van der Waals surface area contributed by atoms with Gasteiger partial charge in [-0.2, -0.15) is 0 Å². The van der Waals surface area contributed by atoms with E-state index in [0.29, 0.717) is 0 Å². The predicted molar refractivity (Wildman–Crippen MR) is 128 cm³/mol. The van der Waals surface area contributed by atoms with Crippen molar-refractivity contribution in [3.05, 3.63) is 144 Å². The second kappa shape index (κ2) is 10.0. The minimum atomic E-state index is 0.113. The summed E-state index contributed by atoms with van der Waals surface area (Å²) < 4.78 is 0.226. The van der Waals surface area contributed by atoms with Crippen molar-refractivity contribution >= 4 is 55.9 Å². The van der Waals surface area contributed by atoms with E-state index in [1.165, 1.54) is 22.3 Å². The van der Waals surface area contributed by atoms with Crippen LogP contribution in [-0.2, 0) is 5.33 Å². The van der Waals surface area contributed by atoms with Crippen LogP contribution >= 0.6 is 0 Å². The minimum absolute atomic E-state index is 0.113. The first-order valence-electron chi connectivity index (χ1n) is 10.8. The van der Waals surface area contributed by atoms with Crippen molar-refractivity contribution in [3.63, 3.8) is 0 Å². The van der Waals surface area contributed by atoms with Crippen LogP contribution in [-0.4, -0.2) is 55.9 Å². The van der Waals surface area contributed by atoms with Gasteiger partial charge < -0.3 is 0 Å². The molecule has 4 aromatic rings. The predicted octanol–water partition coefficient (Wildman–Crippen LogP) is 5.99. The van der Waals surface area contributed by atoms with Gasteiger partial charge in [0.2, 0.25) is 0 Å². The Morgan fingerprint density at radius 1 is 0.367 bits per heavy atom. The maximum absolute atomic E-state index is 2.32. The molecule has 0 aliphatic carbocycles. The van der Waals surface area contributed by atoms with Crippen molar-refractivity contribution in [3.8, 4) is 0 Å². The monoisotopic (exact) mass is 406 g/mol. The fraction of sp³-hybridized carbons (Fsp3) is 0.143. The first kappa shape index (κ1) is 22.1. The molecule has 0 atom stereocenters. The zero-order valence-corrected chi connectivity index (χ0v) is 22.0. The molecule has 0 radical (unpaired) electrons. The van der Waals surface area contributed by atoms with Crippen LogP contribution in [0, 0.1) is 0 Å². The summed E-state index contributed by atoms with van der Waals surface area (Å²) in [6.45, 7) is 0. The van der Waals surface area contributed by atoms with E-state index in [4.69, 9.17) is 0 Å². The summed E-state index contributed by atoms with van der Waals surface area (Å²) in [6, 6.07) is 44.6. The Bertz CT molecular complexity index is 877. The van der Waals surface area contributed by atoms with Crippen molar-refractivity contribution in [1.29, 1.82) is 0 Å². The van der Waals surface area contributed by atoms with Gasteiger partial charge in [-0.25, -0.2) is 0 Å². The molecule has 0 unspecified atom stereocenters. The second-order valence-electron chi connectivity index (χ2n) is 8.63. The van der Waals surface area contributed by atoms with Gasteiger partial charge >= 0.3 is 218 Å². The molecule has 0 spiro atoms. The van der Waals surface area contributed by atoms with Gasteiger partial charge in [0.05, 0.1) is 0 Å². The molecule has 0 amide bonds. The molecule has 0 aliphatic heterocycles. The maximum atomic E-state index is 2.32. The van der Waals surface area contributed by atoms with E-state index >= 15 is 0 Å². The third-order valence-corrected chi connectivity index (χ3v) is 10.1. The molecule has 0 saturated heterocycles. The average molecular weight is 406 g/mol. The van der Waals surface area contributed by atoms with Crippen LogP contribution < -0.4 is 0 Å². The molecule has 0 N–H and O–H groups in total. The molecular formula is C28H24Na2. The van der Waals surface area contributed by atoms with Crippen molar-refractivity contribution in [1.82, 2.24) is 0 Å². The number of rotatable bonds is 7. The Morgan fingerprint density at radius 3 is 0.767 bits per heavy atom. The summed E-state index contributed by atoms with van der Waals surface area (Å²) in [5.41, 5.74) is 5.81. The zero-order valence-electron chi connectivity index (χ0n) is 18.0. The van der Waals surface area contributed by atoms with Crippen molar-refractivity contribution in [2.45, 2.75) is 18.2 Å². The zero-order chi connectivity index (χ0) is 20.9. The standard InChI is InChI=1S/C28H24.2Na/c1-5-13-23(14-6-1)27(24-15-7-2-8-16-24)21-22-28(25-17-9-3-10-18-25)26-19-11-4-12-20-26;;/h1-20H,21-22H2;;. The SMILES string of the molecule is [Na][C](CC[C]([Na])(c1ccccc1)c1ccccc1)(c1ccccc1)c1ccccc1. The normalized spacial score (nSPS) is 12.0. The fourth-order valence-electron chi connectivity index (χ4n) is 4.63. The molecule has 138 valence electrons. The summed E-state index contributed by atoms with van der Waals surface area (Å²) in [4.78, 5) is 0. The van der Waals surface area contributed by atoms with Gasteiger partial charge in [0, 0.05) is 0 Å². The number of hydrogen-bond acceptors (Lipinski definition) is 0. The Kier molecular flexibility index (Phi) is 7.36. The van der Waals surface area contributed by atoms with Gasteiger partial charge in [0.25, 0.3) is 0 Å². The molecule has 4 rings (SSSR count). The number of hydrogen-bond donors (Lipinski definition) is 0. The summed E-state index contributed by atoms with van der Waals surface area (Å²) in [7, 11) is 0. The van der Waals surface area contributed by atoms with E-state index in [0.717, 1.165) is 68.7 Å². The van der Waals surface area contributed by atoms with Crippen LogP contribution in [0.4, 0.5) is 0 Å². The third-order valence-electron chi connectivity index (χ3n) is 6.77. The molecule has 0 bridgehead atoms. The first-order chi connectivity index (χ1) is 14.6. The summed E-state index contributed by atoms with van der Waals surface area (Å²) in [5, 5.41) is 0. The molecule has 0 aromatic heterocycles. The van der Waals surface area contributed by atoms with Crippen molar-refractivity contribution in [2.75, 3.05) is 0 Å². The summed E-state index contributed by atoms with van der Waals surface area (Å²) in [5.74, 6) is 0. The fourth-order valence-corrected chi connectivity index (χ4v) is 6.47. The first-order valence-corrected chi connectivity index (χ1v) is 12.8. The molecular weight excluding hydrogens is 382 g/mol. The van der Waals surface area contributed by atoms with Crippen LogP contribution in [0.3, 0.4) is 0 Å². The van der Waals surface area contributed by atoms with E-state index in [2.05, 4.69) is 121 Å². The van der Waals surface area contributed by atoms with Gasteiger partial charge in [-0.1, -0.05) is 0 Å². The Labute approximate surface area is 215 Å². The van der Waals surface area contributed by atoms with Crippen LogP contribution in [0.2, 0.25) is 0 Å². The van der Waals surface area contributed by atoms with Gasteiger partial charge in [-0.15, -0.1) is 0 Å². The molecule has 2 heteroatoms. The van der Waals surface area contributed by atoms with E-state index in [9.17, 15) is 0 Å². The third kappa shape index (κ3) is 4.70. The average Bonchev–Trinajstić information content (AvgIpc) is 2.84. The quantitative estimate of drug-likeness (QED) is 0.331. The van der Waals surface area contributed by atoms with Gasteiger partial charge in [-0.05, 0) is 0 Å². The van der Waals surface area contributed by atoms with E-state index in [-0.39, 0.29) is 5.33 Å². The topological polar surface area (TPSA) is 0 Å². The van der Waals surface area contributed by atoms with Gasteiger partial charge in [0.1, 0.15) is 0 Å². The molecule has 0 fully saturated rings. The Hall–Kier alpha value is -1.12. The van der Waals surface area contributed by atoms with Crippen LogP contribution in [0.1, 0.15) is 35.1 Å². The molecule has 0 heterocycles. The van der Waals surface area contributed by atoms with Crippen LogP contribution in [0.15, 0.2) is 121 Å². The van der Waals surface area contributed by atoms with E-state index in [1.54, 1.807) is 0 Å². The van der Waals surface area contributed by atoms with Crippen molar-refractivity contribution in [2.24, 2.45) is 0 Å². The Balaban J connectivity index is 1.76. The summed E-state index contributed by atoms with van der Waals surface area (Å²) in [6.07, 6.45) is 2.31. The Morgan fingerprint density at radius 2 is 0.567 bits per heavy atom. The molecule has 30 heavy (non-hydrogen) atoms. The second-order valence-corrected chi connectivity index (χ2v) is 12.0. The van der Waals surface area contributed by atoms with Crippen molar-refractivity contribution < 1.29 is 0 Å². The molecule has 0 nitrogen and oxygen atoms in total. The van der Waals surface area contributed by atoms with E-state index in [1.807, 2.05) is 0 Å². The van der Waals surface area contributed by atoms with E-state index < -0.39 is 0 Å². The van der Waals surface area contributed by atoms with Gasteiger partial charge in [-0.3, -0.25) is 0 Å². The summed E-state index contributed by atoms with van der Waals surface area (Å²) >= 11 is 2.15. The van der Waals surface area contributed by atoms with Crippen LogP contribution in [0.25, 0.3) is 0 Å². The molecule has 0 aliphatic rings.